The molecule has 0 radical (unpaired) electrons. The van der Waals surface area contributed by atoms with Gasteiger partial charge in [0.25, 0.3) is 0 Å². The van der Waals surface area contributed by atoms with Gasteiger partial charge in [-0.3, -0.25) is 4.79 Å². The van der Waals surface area contributed by atoms with Crippen LogP contribution in [-0.4, -0.2) is 17.4 Å². The first-order valence-electron chi connectivity index (χ1n) is 2.85. The Kier molecular flexibility index (Phi) is 1.90. The van der Waals surface area contributed by atoms with Gasteiger partial charge < -0.3 is 4.90 Å². The molecule has 1 atom stereocenters. The van der Waals surface area contributed by atoms with Gasteiger partial charge in [-0.2, -0.15) is 0 Å². The average Bonchev–Trinajstić information content (AvgIpc) is 2.12. The summed E-state index contributed by atoms with van der Waals surface area (Å²) in [5.41, 5.74) is 0. The van der Waals surface area contributed by atoms with Crippen LogP contribution in [0.15, 0.2) is 10.7 Å². The molecule has 0 aromatic rings. The Hall–Kier alpha value is -0.310. The number of hydrogen-bond donors (Lipinski definition) is 0. The van der Waals surface area contributed by atoms with E-state index in [9.17, 15) is 4.79 Å². The van der Waals surface area contributed by atoms with E-state index in [2.05, 4.69) is 15.9 Å². The zero-order valence-corrected chi connectivity index (χ0v) is 6.76. The van der Waals surface area contributed by atoms with Gasteiger partial charge in [-0.25, -0.2) is 0 Å². The molecule has 0 bridgehead atoms. The summed E-state index contributed by atoms with van der Waals surface area (Å²) in [6.07, 6.45) is 3.80. The van der Waals surface area contributed by atoms with Crippen LogP contribution in [-0.2, 0) is 4.79 Å². The van der Waals surface area contributed by atoms with Crippen LogP contribution in [0.5, 0.6) is 0 Å². The summed E-state index contributed by atoms with van der Waals surface area (Å²) in [7, 11) is 0. The van der Waals surface area contributed by atoms with Crippen molar-refractivity contribution in [3.8, 4) is 0 Å². The molecule has 1 rings (SSSR count). The number of carbonyl (C=O) groups excluding carboxylic acids is 1. The zero-order valence-electron chi connectivity index (χ0n) is 5.17. The largest absolute Gasteiger partial charge is 0.306 e. The van der Waals surface area contributed by atoms with Crippen molar-refractivity contribution in [3.63, 3.8) is 0 Å². The van der Waals surface area contributed by atoms with E-state index in [-0.39, 0.29) is 0 Å². The fraction of sp³-hybridized carbons (Fsp3) is 0.500. The first kappa shape index (κ1) is 6.81. The fourth-order valence-corrected chi connectivity index (χ4v) is 1.47. The summed E-state index contributed by atoms with van der Waals surface area (Å²) in [6, 6.07) is 0.330. The topological polar surface area (TPSA) is 20.3 Å². The molecule has 1 amide bonds. The number of rotatable bonds is 1. The van der Waals surface area contributed by atoms with E-state index in [1.54, 1.807) is 4.90 Å². The van der Waals surface area contributed by atoms with E-state index in [1.165, 1.54) is 0 Å². The predicted molar refractivity (Wildman–Crippen MR) is 39.0 cm³/mol. The summed E-state index contributed by atoms with van der Waals surface area (Å²) in [5.74, 6) is 0. The fourth-order valence-electron chi connectivity index (χ4n) is 0.852. The Labute approximate surface area is 62.7 Å². The van der Waals surface area contributed by atoms with Crippen molar-refractivity contribution in [1.82, 2.24) is 4.90 Å². The number of halogens is 1. The van der Waals surface area contributed by atoms with E-state index in [0.717, 1.165) is 17.4 Å². The summed E-state index contributed by atoms with van der Waals surface area (Å²) >= 11 is 3.26. The van der Waals surface area contributed by atoms with Gasteiger partial charge in [0, 0.05) is 6.04 Å². The van der Waals surface area contributed by atoms with Crippen molar-refractivity contribution in [2.45, 2.75) is 19.4 Å². The molecule has 2 nitrogen and oxygen atoms in total. The van der Waals surface area contributed by atoms with Crippen LogP contribution in [0.2, 0.25) is 0 Å². The minimum atomic E-state index is 0.330. The first-order chi connectivity index (χ1) is 4.25. The summed E-state index contributed by atoms with van der Waals surface area (Å²) in [4.78, 5) is 11.9. The highest BCUT2D eigenvalue weighted by Gasteiger charge is 2.18. The van der Waals surface area contributed by atoms with Gasteiger partial charge in [0.1, 0.15) is 0 Å². The molecule has 1 aliphatic rings. The second kappa shape index (κ2) is 2.52. The second-order valence-electron chi connectivity index (χ2n) is 2.12. The van der Waals surface area contributed by atoms with Gasteiger partial charge in [-0.1, -0.05) is 6.08 Å². The molecule has 1 unspecified atom stereocenters. The van der Waals surface area contributed by atoms with Crippen LogP contribution in [0.4, 0.5) is 0 Å². The number of hydrogen-bond acceptors (Lipinski definition) is 1. The lowest BCUT2D eigenvalue weighted by Gasteiger charge is -2.15. The van der Waals surface area contributed by atoms with Crippen molar-refractivity contribution in [3.05, 3.63) is 10.7 Å². The molecule has 0 fully saturated rings. The molecule has 9 heavy (non-hydrogen) atoms. The quantitative estimate of drug-likeness (QED) is 0.453. The highest BCUT2D eigenvalue weighted by atomic mass is 79.9. The molecular weight excluding hydrogens is 182 g/mol. The predicted octanol–water partition coefficient (Wildman–Crippen LogP) is 1.47. The standard InChI is InChI=1S/C6H8BrNO/c1-5-2-3-6(7)8(5)4-9/h3-5H,2H2,1H3. The normalized spacial score (nSPS) is 26.2. The van der Waals surface area contributed by atoms with Crippen molar-refractivity contribution in [2.75, 3.05) is 0 Å². The number of carbonyl (C=O) groups is 1. The lowest BCUT2D eigenvalue weighted by Crippen LogP contribution is -2.23. The third kappa shape index (κ3) is 1.15. The molecule has 1 heterocycles. The molecule has 0 spiro atoms. The molecule has 0 saturated heterocycles. The highest BCUT2D eigenvalue weighted by Crippen LogP contribution is 2.23. The molecule has 0 aromatic heterocycles. The maximum atomic E-state index is 10.3. The Morgan fingerprint density at radius 1 is 2.00 bits per heavy atom. The average molecular weight is 190 g/mol. The van der Waals surface area contributed by atoms with Crippen molar-refractivity contribution < 1.29 is 4.79 Å². The highest BCUT2D eigenvalue weighted by molar-refractivity contribution is 9.11. The molecular formula is C6H8BrNO. The van der Waals surface area contributed by atoms with E-state index in [0.29, 0.717) is 6.04 Å². The molecule has 1 aliphatic heterocycles. The van der Waals surface area contributed by atoms with E-state index in [4.69, 9.17) is 0 Å². The monoisotopic (exact) mass is 189 g/mol. The third-order valence-electron chi connectivity index (χ3n) is 1.46. The first-order valence-corrected chi connectivity index (χ1v) is 3.64. The molecule has 3 heteroatoms. The van der Waals surface area contributed by atoms with Crippen molar-refractivity contribution >= 4 is 22.3 Å². The molecule has 0 aliphatic carbocycles. The lowest BCUT2D eigenvalue weighted by molar-refractivity contribution is -0.117. The van der Waals surface area contributed by atoms with Crippen molar-refractivity contribution in [1.29, 1.82) is 0 Å². The van der Waals surface area contributed by atoms with E-state index >= 15 is 0 Å². The summed E-state index contributed by atoms with van der Waals surface area (Å²) < 4.78 is 0.894. The van der Waals surface area contributed by atoms with Gasteiger partial charge in [0.05, 0.1) is 4.61 Å². The maximum absolute atomic E-state index is 10.3. The zero-order chi connectivity index (χ0) is 6.85. The van der Waals surface area contributed by atoms with E-state index < -0.39 is 0 Å². The van der Waals surface area contributed by atoms with Gasteiger partial charge in [-0.05, 0) is 29.3 Å². The number of nitrogens with zero attached hydrogens (tertiary/aromatic N) is 1. The Morgan fingerprint density at radius 2 is 2.67 bits per heavy atom. The minimum absolute atomic E-state index is 0.330. The van der Waals surface area contributed by atoms with Crippen LogP contribution in [0, 0.1) is 0 Å². The van der Waals surface area contributed by atoms with Crippen LogP contribution in [0.1, 0.15) is 13.3 Å². The van der Waals surface area contributed by atoms with Gasteiger partial charge in [-0.15, -0.1) is 0 Å². The third-order valence-corrected chi connectivity index (χ3v) is 2.20. The lowest BCUT2D eigenvalue weighted by atomic mass is 10.3. The molecule has 50 valence electrons. The van der Waals surface area contributed by atoms with Crippen molar-refractivity contribution in [2.24, 2.45) is 0 Å². The molecule has 0 aromatic carbocycles. The Bertz CT molecular complexity index is 155. The van der Waals surface area contributed by atoms with Crippen LogP contribution >= 0.6 is 15.9 Å². The van der Waals surface area contributed by atoms with Crippen LogP contribution in [0.25, 0.3) is 0 Å². The smallest absolute Gasteiger partial charge is 0.214 e. The Morgan fingerprint density at radius 3 is 2.89 bits per heavy atom. The minimum Gasteiger partial charge on any atom is -0.306 e. The molecule has 0 saturated carbocycles. The summed E-state index contributed by atoms with van der Waals surface area (Å²) in [5, 5.41) is 0. The summed E-state index contributed by atoms with van der Waals surface area (Å²) in [6.45, 7) is 2.01. The number of amides is 1. The van der Waals surface area contributed by atoms with Gasteiger partial charge in [0.2, 0.25) is 6.41 Å². The molecule has 0 N–H and O–H groups in total. The van der Waals surface area contributed by atoms with Gasteiger partial charge in [0.15, 0.2) is 0 Å². The Balaban J connectivity index is 2.67. The van der Waals surface area contributed by atoms with E-state index in [1.807, 2.05) is 13.0 Å². The SMILES string of the molecule is CC1CC=C(Br)N1C=O. The maximum Gasteiger partial charge on any atom is 0.214 e. The van der Waals surface area contributed by atoms with Crippen LogP contribution in [0.3, 0.4) is 0 Å². The van der Waals surface area contributed by atoms with Gasteiger partial charge >= 0.3 is 0 Å². The van der Waals surface area contributed by atoms with Crippen LogP contribution < -0.4 is 0 Å². The second-order valence-corrected chi connectivity index (χ2v) is 2.94.